The summed E-state index contributed by atoms with van der Waals surface area (Å²) in [7, 11) is 0. The second-order valence-electron chi connectivity index (χ2n) is 5.63. The lowest BCUT2D eigenvalue weighted by Gasteiger charge is -2.18. The fourth-order valence-electron chi connectivity index (χ4n) is 2.44. The molecule has 1 amide bonds. The van der Waals surface area contributed by atoms with E-state index in [1.807, 2.05) is 21.7 Å². The molecule has 3 rings (SSSR count). The number of nitrogens with zero attached hydrogens (tertiary/aromatic N) is 2. The molecule has 0 aliphatic heterocycles. The molecule has 0 atom stereocenters. The number of amides is 1. The number of nitrogens with one attached hydrogen (secondary N) is 1. The second-order valence-corrected chi connectivity index (χ2v) is 7.52. The van der Waals surface area contributed by atoms with E-state index in [2.05, 4.69) is 22.9 Å². The van der Waals surface area contributed by atoms with Gasteiger partial charge in [0.1, 0.15) is 5.82 Å². The average Bonchev–Trinajstić information content (AvgIpc) is 3.28. The first-order chi connectivity index (χ1) is 12.6. The molecular weight excluding hydrogens is 369 g/mol. The van der Waals surface area contributed by atoms with Crippen molar-refractivity contribution in [2.24, 2.45) is 0 Å². The van der Waals surface area contributed by atoms with Crippen molar-refractivity contribution in [1.82, 2.24) is 9.88 Å². The largest absolute Gasteiger partial charge is 0.301 e. The first-order valence-corrected chi connectivity index (χ1v) is 9.77. The lowest BCUT2D eigenvalue weighted by Crippen LogP contribution is -2.32. The highest BCUT2D eigenvalue weighted by Crippen LogP contribution is 2.25. The number of benzene rings is 1. The number of carbonyl (C=O) groups excluding carboxylic acids is 1. The molecule has 2 heterocycles. The van der Waals surface area contributed by atoms with Crippen molar-refractivity contribution in [1.29, 1.82) is 0 Å². The van der Waals surface area contributed by atoms with Crippen LogP contribution in [0.3, 0.4) is 0 Å². The Hall–Kier alpha value is -2.35. The molecule has 0 bridgehead atoms. The van der Waals surface area contributed by atoms with Gasteiger partial charge < -0.3 is 5.32 Å². The molecule has 7 heteroatoms. The number of halogens is 1. The van der Waals surface area contributed by atoms with Crippen LogP contribution in [0.5, 0.6) is 0 Å². The maximum absolute atomic E-state index is 13.0. The summed E-state index contributed by atoms with van der Waals surface area (Å²) in [6.45, 7) is 5.35. The third kappa shape index (κ3) is 5.08. The van der Waals surface area contributed by atoms with E-state index in [4.69, 9.17) is 0 Å². The van der Waals surface area contributed by atoms with Crippen molar-refractivity contribution < 1.29 is 9.18 Å². The van der Waals surface area contributed by atoms with E-state index in [0.717, 1.165) is 5.56 Å². The highest BCUT2D eigenvalue weighted by Gasteiger charge is 2.13. The second kappa shape index (κ2) is 8.84. The Bertz CT molecular complexity index is 859. The van der Waals surface area contributed by atoms with Crippen molar-refractivity contribution >= 4 is 33.7 Å². The van der Waals surface area contributed by atoms with Gasteiger partial charge in [0.25, 0.3) is 0 Å². The molecule has 1 N–H and O–H groups in total. The first-order valence-electron chi connectivity index (χ1n) is 8.01. The summed E-state index contributed by atoms with van der Waals surface area (Å²) in [5.74, 6) is -0.408. The van der Waals surface area contributed by atoms with Gasteiger partial charge in [-0.15, -0.1) is 29.3 Å². The average molecular weight is 388 g/mol. The highest BCUT2D eigenvalue weighted by molar-refractivity contribution is 7.14. The van der Waals surface area contributed by atoms with Gasteiger partial charge in [-0.3, -0.25) is 9.69 Å². The number of thiophene rings is 1. The molecule has 4 nitrogen and oxygen atoms in total. The minimum absolute atomic E-state index is 0.122. The minimum Gasteiger partial charge on any atom is -0.301 e. The van der Waals surface area contributed by atoms with E-state index in [1.165, 1.54) is 28.3 Å². The molecule has 1 aromatic carbocycles. The number of carbonyl (C=O) groups is 1. The van der Waals surface area contributed by atoms with Crippen LogP contribution in [0.2, 0.25) is 0 Å². The number of aromatic nitrogens is 1. The lowest BCUT2D eigenvalue weighted by atomic mass is 10.2. The summed E-state index contributed by atoms with van der Waals surface area (Å²) in [6, 6.07) is 10.2. The Balaban J connectivity index is 1.60. The van der Waals surface area contributed by atoms with Gasteiger partial charge in [0.05, 0.1) is 12.2 Å². The maximum Gasteiger partial charge on any atom is 0.240 e. The van der Waals surface area contributed by atoms with Crippen LogP contribution in [0.15, 0.2) is 59.8 Å². The van der Waals surface area contributed by atoms with Crippen LogP contribution in [0.25, 0.3) is 11.3 Å². The van der Waals surface area contributed by atoms with E-state index in [-0.39, 0.29) is 18.3 Å². The SMILES string of the molecule is C=CCN(CC(=O)Nc1nc(-c2ccc(F)cc2)cs1)Cc1cccs1. The molecule has 3 aromatic rings. The van der Waals surface area contributed by atoms with Gasteiger partial charge in [0, 0.05) is 28.9 Å². The van der Waals surface area contributed by atoms with E-state index < -0.39 is 0 Å². The molecule has 0 aliphatic carbocycles. The zero-order valence-electron chi connectivity index (χ0n) is 14.0. The lowest BCUT2D eigenvalue weighted by molar-refractivity contribution is -0.117. The van der Waals surface area contributed by atoms with E-state index >= 15 is 0 Å². The fraction of sp³-hybridized carbons (Fsp3) is 0.158. The molecular formula is C19H18FN3OS2. The minimum atomic E-state index is -0.287. The summed E-state index contributed by atoms with van der Waals surface area (Å²) in [5.41, 5.74) is 1.53. The fourth-order valence-corrected chi connectivity index (χ4v) is 3.92. The summed E-state index contributed by atoms with van der Waals surface area (Å²) in [6.07, 6.45) is 1.79. The third-order valence-corrected chi connectivity index (χ3v) is 5.22. The normalized spacial score (nSPS) is 10.8. The number of hydrogen-bond acceptors (Lipinski definition) is 5. The van der Waals surface area contributed by atoms with Gasteiger partial charge in [-0.1, -0.05) is 12.1 Å². The van der Waals surface area contributed by atoms with Gasteiger partial charge >= 0.3 is 0 Å². The molecule has 0 saturated carbocycles. The number of hydrogen-bond donors (Lipinski definition) is 1. The Morgan fingerprint density at radius 3 is 2.77 bits per heavy atom. The Labute approximate surface area is 159 Å². The highest BCUT2D eigenvalue weighted by atomic mass is 32.1. The predicted octanol–water partition coefficient (Wildman–Crippen LogP) is 4.64. The molecule has 0 saturated heterocycles. The maximum atomic E-state index is 13.0. The third-order valence-electron chi connectivity index (χ3n) is 3.60. The number of anilines is 1. The van der Waals surface area contributed by atoms with E-state index in [1.54, 1.807) is 29.5 Å². The van der Waals surface area contributed by atoms with Crippen LogP contribution in [0, 0.1) is 5.82 Å². The summed E-state index contributed by atoms with van der Waals surface area (Å²) in [4.78, 5) is 20.0. The van der Waals surface area contributed by atoms with Crippen molar-refractivity contribution in [3.05, 3.63) is 70.5 Å². The monoisotopic (exact) mass is 387 g/mol. The van der Waals surface area contributed by atoms with Crippen molar-refractivity contribution in [3.8, 4) is 11.3 Å². The van der Waals surface area contributed by atoms with Crippen LogP contribution >= 0.6 is 22.7 Å². The summed E-state index contributed by atoms with van der Waals surface area (Å²) >= 11 is 3.01. The molecule has 0 unspecified atom stereocenters. The standard InChI is InChI=1S/C19H18FN3OS2/c1-2-9-23(11-16-4-3-10-25-16)12-18(24)22-19-21-17(13-26-19)14-5-7-15(20)8-6-14/h2-8,10,13H,1,9,11-12H2,(H,21,22,24). The molecule has 134 valence electrons. The summed E-state index contributed by atoms with van der Waals surface area (Å²) in [5, 5.41) is 7.23. The molecule has 0 aliphatic rings. The molecule has 2 aromatic heterocycles. The van der Waals surface area contributed by atoms with Crippen LogP contribution in [-0.2, 0) is 11.3 Å². The van der Waals surface area contributed by atoms with E-state index in [0.29, 0.717) is 23.9 Å². The molecule has 0 radical (unpaired) electrons. The predicted molar refractivity (Wildman–Crippen MR) is 106 cm³/mol. The number of thiazole rings is 1. The van der Waals surface area contributed by atoms with Gasteiger partial charge in [-0.2, -0.15) is 0 Å². The Morgan fingerprint density at radius 2 is 2.08 bits per heavy atom. The van der Waals surface area contributed by atoms with Gasteiger partial charge in [-0.25, -0.2) is 9.37 Å². The van der Waals surface area contributed by atoms with Crippen molar-refractivity contribution in [2.75, 3.05) is 18.4 Å². The molecule has 26 heavy (non-hydrogen) atoms. The quantitative estimate of drug-likeness (QED) is 0.573. The summed E-state index contributed by atoms with van der Waals surface area (Å²) < 4.78 is 13.0. The Morgan fingerprint density at radius 1 is 1.27 bits per heavy atom. The van der Waals surface area contributed by atoms with E-state index in [9.17, 15) is 9.18 Å². The Kier molecular flexibility index (Phi) is 6.27. The van der Waals surface area contributed by atoms with Crippen molar-refractivity contribution in [2.45, 2.75) is 6.54 Å². The van der Waals surface area contributed by atoms with Gasteiger partial charge in [0.15, 0.2) is 5.13 Å². The number of rotatable bonds is 8. The molecule has 0 fully saturated rings. The first kappa shape index (κ1) is 18.4. The van der Waals surface area contributed by atoms with Crippen LogP contribution in [0.4, 0.5) is 9.52 Å². The molecule has 0 spiro atoms. The van der Waals surface area contributed by atoms with Crippen molar-refractivity contribution in [3.63, 3.8) is 0 Å². The van der Waals surface area contributed by atoms with Gasteiger partial charge in [-0.05, 0) is 35.7 Å². The topological polar surface area (TPSA) is 45.2 Å². The van der Waals surface area contributed by atoms with Gasteiger partial charge in [0.2, 0.25) is 5.91 Å². The van der Waals surface area contributed by atoms with Crippen LogP contribution < -0.4 is 5.32 Å². The zero-order chi connectivity index (χ0) is 18.4. The zero-order valence-corrected chi connectivity index (χ0v) is 15.7. The van der Waals surface area contributed by atoms with Crippen LogP contribution in [-0.4, -0.2) is 28.9 Å². The van der Waals surface area contributed by atoms with Crippen LogP contribution in [0.1, 0.15) is 4.88 Å². The smallest absolute Gasteiger partial charge is 0.240 e.